The van der Waals surface area contributed by atoms with Gasteiger partial charge in [0.05, 0.1) is 13.2 Å². The van der Waals surface area contributed by atoms with Crippen molar-refractivity contribution in [2.75, 3.05) is 12.4 Å². The first-order valence-electron chi connectivity index (χ1n) is 9.39. The molecule has 0 spiro atoms. The van der Waals surface area contributed by atoms with Crippen molar-refractivity contribution in [2.24, 2.45) is 5.92 Å². The Kier molecular flexibility index (Phi) is 4.42. The highest BCUT2D eigenvalue weighted by Gasteiger charge is 2.38. The largest absolute Gasteiger partial charge is 0.493 e. The van der Waals surface area contributed by atoms with E-state index in [0.29, 0.717) is 23.3 Å². The normalized spacial score (nSPS) is 22.6. The number of anilines is 1. The van der Waals surface area contributed by atoms with Gasteiger partial charge in [0, 0.05) is 18.5 Å². The van der Waals surface area contributed by atoms with Crippen LogP contribution in [0.25, 0.3) is 0 Å². The van der Waals surface area contributed by atoms with Crippen LogP contribution in [0.1, 0.15) is 47.6 Å². The van der Waals surface area contributed by atoms with E-state index in [4.69, 9.17) is 9.47 Å². The van der Waals surface area contributed by atoms with E-state index in [0.717, 1.165) is 12.0 Å². The molecule has 27 heavy (non-hydrogen) atoms. The minimum Gasteiger partial charge on any atom is -0.493 e. The first-order chi connectivity index (χ1) is 13.0. The molecule has 1 heterocycles. The van der Waals surface area contributed by atoms with E-state index in [9.17, 15) is 4.79 Å². The summed E-state index contributed by atoms with van der Waals surface area (Å²) >= 11 is 0. The monoisotopic (exact) mass is 363 g/mol. The molecule has 0 saturated heterocycles. The number of hydrogen-bond acceptors (Lipinski definition) is 4. The standard InChI is InChI=1S/C23H25NO3/c1-13-8-10-19-17-6-5-7-18(17)23(24-22(19)14(13)2)16-9-11-20(27-15(3)25)21(12-16)26-4/h5-6,8-12,17-18,23-24H,7H2,1-4H3. The summed E-state index contributed by atoms with van der Waals surface area (Å²) in [4.78, 5) is 11.3. The summed E-state index contributed by atoms with van der Waals surface area (Å²) < 4.78 is 10.7. The predicted molar refractivity (Wildman–Crippen MR) is 107 cm³/mol. The van der Waals surface area contributed by atoms with Gasteiger partial charge < -0.3 is 14.8 Å². The van der Waals surface area contributed by atoms with Crippen LogP contribution in [-0.2, 0) is 4.79 Å². The first kappa shape index (κ1) is 17.7. The third-order valence-corrected chi connectivity index (χ3v) is 5.87. The number of carbonyl (C=O) groups is 1. The maximum atomic E-state index is 11.3. The van der Waals surface area contributed by atoms with Gasteiger partial charge in [-0.1, -0.05) is 30.4 Å². The SMILES string of the molecule is COc1cc(C2Nc3c(ccc(C)c3C)C3C=CCC32)ccc1OC(C)=O. The molecule has 0 fully saturated rings. The van der Waals surface area contributed by atoms with Gasteiger partial charge in [-0.3, -0.25) is 4.79 Å². The summed E-state index contributed by atoms with van der Waals surface area (Å²) in [6.45, 7) is 5.73. The number of ether oxygens (including phenoxy) is 2. The second-order valence-electron chi connectivity index (χ2n) is 7.45. The Morgan fingerprint density at radius 1 is 1.15 bits per heavy atom. The smallest absolute Gasteiger partial charge is 0.308 e. The van der Waals surface area contributed by atoms with Crippen molar-refractivity contribution in [2.45, 2.75) is 39.2 Å². The number of allylic oxidation sites excluding steroid dienone is 2. The van der Waals surface area contributed by atoms with Crippen molar-refractivity contribution in [3.8, 4) is 11.5 Å². The Hall–Kier alpha value is -2.75. The Morgan fingerprint density at radius 2 is 1.96 bits per heavy atom. The van der Waals surface area contributed by atoms with Crippen molar-refractivity contribution < 1.29 is 14.3 Å². The molecule has 0 saturated carbocycles. The number of carbonyl (C=O) groups excluding carboxylic acids is 1. The summed E-state index contributed by atoms with van der Waals surface area (Å²) in [7, 11) is 1.60. The van der Waals surface area contributed by atoms with Crippen molar-refractivity contribution in [3.63, 3.8) is 0 Å². The highest BCUT2D eigenvalue weighted by Crippen LogP contribution is 2.51. The number of benzene rings is 2. The van der Waals surface area contributed by atoms with Crippen LogP contribution in [0.2, 0.25) is 0 Å². The zero-order chi connectivity index (χ0) is 19.1. The van der Waals surface area contributed by atoms with Crippen molar-refractivity contribution in [1.82, 2.24) is 0 Å². The Balaban J connectivity index is 1.76. The fourth-order valence-corrected chi connectivity index (χ4v) is 4.37. The van der Waals surface area contributed by atoms with Crippen LogP contribution in [-0.4, -0.2) is 13.1 Å². The van der Waals surface area contributed by atoms with Crippen LogP contribution >= 0.6 is 0 Å². The van der Waals surface area contributed by atoms with Crippen molar-refractivity contribution >= 4 is 11.7 Å². The van der Waals surface area contributed by atoms with Crippen molar-refractivity contribution in [3.05, 3.63) is 64.7 Å². The summed E-state index contributed by atoms with van der Waals surface area (Å²) in [5.41, 5.74) is 6.38. The summed E-state index contributed by atoms with van der Waals surface area (Å²) in [6, 6.07) is 10.5. The fraction of sp³-hybridized carbons (Fsp3) is 0.348. The Bertz CT molecular complexity index is 931. The molecular weight excluding hydrogens is 338 g/mol. The number of aryl methyl sites for hydroxylation is 1. The van der Waals surface area contributed by atoms with E-state index in [-0.39, 0.29) is 12.0 Å². The molecule has 2 aromatic rings. The van der Waals surface area contributed by atoms with Crippen LogP contribution < -0.4 is 14.8 Å². The average molecular weight is 363 g/mol. The maximum Gasteiger partial charge on any atom is 0.308 e. The van der Waals surface area contributed by atoms with Crippen LogP contribution in [0.5, 0.6) is 11.5 Å². The summed E-state index contributed by atoms with van der Waals surface area (Å²) in [5.74, 6) is 1.57. The first-order valence-corrected chi connectivity index (χ1v) is 9.39. The molecule has 3 atom stereocenters. The molecule has 4 heteroatoms. The third kappa shape index (κ3) is 2.99. The molecule has 1 N–H and O–H groups in total. The molecule has 2 aliphatic rings. The van der Waals surface area contributed by atoms with Gasteiger partial charge >= 0.3 is 5.97 Å². The number of nitrogens with one attached hydrogen (secondary N) is 1. The molecule has 0 bridgehead atoms. The topological polar surface area (TPSA) is 47.6 Å². The summed E-state index contributed by atoms with van der Waals surface area (Å²) in [5, 5.41) is 3.80. The number of hydrogen-bond donors (Lipinski definition) is 1. The number of methoxy groups -OCH3 is 1. The quantitative estimate of drug-likeness (QED) is 0.470. The molecule has 2 aromatic carbocycles. The highest BCUT2D eigenvalue weighted by molar-refractivity contribution is 5.71. The minimum atomic E-state index is -0.350. The lowest BCUT2D eigenvalue weighted by Gasteiger charge is -2.38. The van der Waals surface area contributed by atoms with Gasteiger partial charge in [-0.2, -0.15) is 0 Å². The molecular formula is C23H25NO3. The van der Waals surface area contributed by atoms with Crippen LogP contribution in [0.4, 0.5) is 5.69 Å². The molecule has 0 radical (unpaired) electrons. The third-order valence-electron chi connectivity index (χ3n) is 5.87. The van der Waals surface area contributed by atoms with Crippen LogP contribution in [0.3, 0.4) is 0 Å². The van der Waals surface area contributed by atoms with Gasteiger partial charge in [-0.25, -0.2) is 0 Å². The molecule has 1 aliphatic carbocycles. The Labute approximate surface area is 160 Å². The van der Waals surface area contributed by atoms with E-state index in [1.54, 1.807) is 7.11 Å². The number of esters is 1. The number of fused-ring (bicyclic) bond motifs is 3. The lowest BCUT2D eigenvalue weighted by Crippen LogP contribution is -2.29. The zero-order valence-electron chi connectivity index (χ0n) is 16.2. The van der Waals surface area contributed by atoms with E-state index >= 15 is 0 Å². The second kappa shape index (κ2) is 6.76. The van der Waals surface area contributed by atoms with E-state index in [1.807, 2.05) is 18.2 Å². The summed E-state index contributed by atoms with van der Waals surface area (Å²) in [6.07, 6.45) is 5.68. The van der Waals surface area contributed by atoms with Gasteiger partial charge in [0.25, 0.3) is 0 Å². The molecule has 4 nitrogen and oxygen atoms in total. The number of rotatable bonds is 3. The lowest BCUT2D eigenvalue weighted by atomic mass is 9.76. The molecule has 0 aromatic heterocycles. The molecule has 3 unspecified atom stereocenters. The average Bonchev–Trinajstić information content (AvgIpc) is 3.14. The van der Waals surface area contributed by atoms with E-state index in [2.05, 4.69) is 43.4 Å². The van der Waals surface area contributed by atoms with Gasteiger partial charge in [-0.05, 0) is 60.6 Å². The molecule has 4 rings (SSSR count). The molecule has 1 aliphatic heterocycles. The van der Waals surface area contributed by atoms with Gasteiger partial charge in [-0.15, -0.1) is 0 Å². The van der Waals surface area contributed by atoms with Gasteiger partial charge in [0.15, 0.2) is 11.5 Å². The Morgan fingerprint density at radius 3 is 2.70 bits per heavy atom. The van der Waals surface area contributed by atoms with Gasteiger partial charge in [0.2, 0.25) is 0 Å². The van der Waals surface area contributed by atoms with E-state index < -0.39 is 0 Å². The maximum absolute atomic E-state index is 11.3. The van der Waals surface area contributed by atoms with Gasteiger partial charge in [0.1, 0.15) is 0 Å². The van der Waals surface area contributed by atoms with E-state index in [1.165, 1.54) is 29.3 Å². The molecule has 140 valence electrons. The predicted octanol–water partition coefficient (Wildman–Crippen LogP) is 5.06. The second-order valence-corrected chi connectivity index (χ2v) is 7.45. The minimum absolute atomic E-state index is 0.179. The zero-order valence-corrected chi connectivity index (χ0v) is 16.2. The highest BCUT2D eigenvalue weighted by atomic mass is 16.6. The molecule has 0 amide bonds. The fourth-order valence-electron chi connectivity index (χ4n) is 4.37. The van der Waals surface area contributed by atoms with Crippen LogP contribution in [0, 0.1) is 19.8 Å². The van der Waals surface area contributed by atoms with Crippen LogP contribution in [0.15, 0.2) is 42.5 Å². The van der Waals surface area contributed by atoms with Crippen molar-refractivity contribution in [1.29, 1.82) is 0 Å². The lowest BCUT2D eigenvalue weighted by molar-refractivity contribution is -0.132.